The molecular weight excluding hydrogens is 176 g/mol. The summed E-state index contributed by atoms with van der Waals surface area (Å²) in [7, 11) is 0. The fraction of sp³-hybridized carbons (Fsp3) is 0.818. The van der Waals surface area contributed by atoms with Crippen molar-refractivity contribution in [2.75, 3.05) is 0 Å². The van der Waals surface area contributed by atoms with Crippen LogP contribution in [0.1, 0.15) is 51.3 Å². The van der Waals surface area contributed by atoms with Crippen LogP contribution in [0.4, 0.5) is 0 Å². The monoisotopic (exact) mass is 192 g/mol. The summed E-state index contributed by atoms with van der Waals surface area (Å²) in [5.74, 6) is 0.888. The van der Waals surface area contributed by atoms with E-state index in [1.165, 1.54) is 44.9 Å². The van der Waals surface area contributed by atoms with E-state index >= 15 is 0 Å². The number of nitrogens with zero attached hydrogens (tertiary/aromatic N) is 2. The van der Waals surface area contributed by atoms with Crippen LogP contribution in [0.25, 0.3) is 0 Å². The lowest BCUT2D eigenvalue weighted by Crippen LogP contribution is -2.42. The fourth-order valence-corrected chi connectivity index (χ4v) is 3.10. The van der Waals surface area contributed by atoms with Crippen LogP contribution in [0, 0.1) is 5.41 Å². The van der Waals surface area contributed by atoms with Gasteiger partial charge in [0.15, 0.2) is 0 Å². The molecule has 3 heteroatoms. The van der Waals surface area contributed by atoms with E-state index in [0.717, 1.165) is 5.89 Å². The van der Waals surface area contributed by atoms with E-state index < -0.39 is 0 Å². The first-order chi connectivity index (χ1) is 6.73. The molecule has 4 rings (SSSR count). The third kappa shape index (κ3) is 1.04. The topological polar surface area (TPSA) is 38.9 Å². The maximum atomic E-state index is 5.40. The lowest BCUT2D eigenvalue weighted by Gasteiger charge is -2.50. The molecule has 0 aliphatic heterocycles. The van der Waals surface area contributed by atoms with E-state index in [4.69, 9.17) is 4.42 Å². The van der Waals surface area contributed by atoms with Gasteiger partial charge >= 0.3 is 0 Å². The highest BCUT2D eigenvalue weighted by atomic mass is 16.4. The predicted molar refractivity (Wildman–Crippen MR) is 51.8 cm³/mol. The van der Waals surface area contributed by atoms with Crippen molar-refractivity contribution in [3.63, 3.8) is 0 Å². The van der Waals surface area contributed by atoms with Gasteiger partial charge in [0.1, 0.15) is 0 Å². The molecule has 0 radical (unpaired) electrons. The van der Waals surface area contributed by atoms with Crippen LogP contribution in [0.15, 0.2) is 10.8 Å². The smallest absolute Gasteiger partial charge is 0.222 e. The van der Waals surface area contributed by atoms with Crippen LogP contribution in [0.5, 0.6) is 0 Å². The third-order valence-corrected chi connectivity index (χ3v) is 4.44. The van der Waals surface area contributed by atoms with Crippen LogP contribution in [-0.4, -0.2) is 10.2 Å². The largest absolute Gasteiger partial charge is 0.427 e. The van der Waals surface area contributed by atoms with Crippen molar-refractivity contribution in [3.05, 3.63) is 12.3 Å². The molecule has 3 fully saturated rings. The molecule has 1 aromatic heterocycles. The van der Waals surface area contributed by atoms with Gasteiger partial charge in [0.05, 0.1) is 0 Å². The summed E-state index contributed by atoms with van der Waals surface area (Å²) in [4.78, 5) is 0. The number of hydrogen-bond donors (Lipinski definition) is 0. The second-order valence-corrected chi connectivity index (χ2v) is 5.33. The maximum absolute atomic E-state index is 5.40. The average molecular weight is 192 g/mol. The van der Waals surface area contributed by atoms with Gasteiger partial charge in [-0.2, -0.15) is 0 Å². The summed E-state index contributed by atoms with van der Waals surface area (Å²) in [6, 6.07) is 0. The SMILES string of the molecule is CC12CCC(c3nnco3)(CC1)CC2. The van der Waals surface area contributed by atoms with Crippen LogP contribution >= 0.6 is 0 Å². The van der Waals surface area contributed by atoms with Crippen molar-refractivity contribution in [2.45, 2.75) is 50.9 Å². The Morgan fingerprint density at radius 2 is 1.79 bits per heavy atom. The Bertz CT molecular complexity index is 307. The summed E-state index contributed by atoms with van der Waals surface area (Å²) < 4.78 is 5.40. The van der Waals surface area contributed by atoms with Gasteiger partial charge in [-0.3, -0.25) is 0 Å². The molecule has 0 amide bonds. The summed E-state index contributed by atoms with van der Waals surface area (Å²) in [5, 5.41) is 7.92. The van der Waals surface area contributed by atoms with Crippen molar-refractivity contribution in [3.8, 4) is 0 Å². The quantitative estimate of drug-likeness (QED) is 0.686. The first kappa shape index (κ1) is 8.45. The zero-order chi connectivity index (χ0) is 9.65. The lowest BCUT2D eigenvalue weighted by atomic mass is 9.54. The summed E-state index contributed by atoms with van der Waals surface area (Å²) >= 11 is 0. The van der Waals surface area contributed by atoms with Crippen molar-refractivity contribution in [2.24, 2.45) is 5.41 Å². The molecular formula is C11H16N2O. The minimum atomic E-state index is 0.244. The molecule has 3 aliphatic carbocycles. The molecule has 3 aliphatic rings. The first-order valence-corrected chi connectivity index (χ1v) is 5.49. The highest BCUT2D eigenvalue weighted by Gasteiger charge is 2.49. The Balaban J connectivity index is 1.93. The molecule has 2 bridgehead atoms. The molecule has 1 heterocycles. The van der Waals surface area contributed by atoms with Crippen molar-refractivity contribution < 1.29 is 4.42 Å². The minimum absolute atomic E-state index is 0.244. The van der Waals surface area contributed by atoms with Crippen molar-refractivity contribution in [1.82, 2.24) is 10.2 Å². The van der Waals surface area contributed by atoms with E-state index in [1.807, 2.05) is 0 Å². The van der Waals surface area contributed by atoms with Crippen molar-refractivity contribution >= 4 is 0 Å². The van der Waals surface area contributed by atoms with E-state index in [2.05, 4.69) is 17.1 Å². The number of aromatic nitrogens is 2. The standard InChI is InChI=1S/C11H16N2O/c1-10-2-5-11(6-3-10,7-4-10)9-13-12-8-14-9/h8H,2-7H2,1H3. The second kappa shape index (κ2) is 2.59. The van der Waals surface area contributed by atoms with Gasteiger partial charge in [-0.25, -0.2) is 0 Å². The highest BCUT2D eigenvalue weighted by molar-refractivity contribution is 5.11. The molecule has 1 aromatic rings. The van der Waals surface area contributed by atoms with Gasteiger partial charge in [0.25, 0.3) is 0 Å². The van der Waals surface area contributed by atoms with Crippen LogP contribution in [0.2, 0.25) is 0 Å². The van der Waals surface area contributed by atoms with Gasteiger partial charge < -0.3 is 4.42 Å². The predicted octanol–water partition coefficient (Wildman–Crippen LogP) is 2.68. The lowest BCUT2D eigenvalue weighted by molar-refractivity contribution is 0.0398. The number of hydrogen-bond acceptors (Lipinski definition) is 3. The van der Waals surface area contributed by atoms with E-state index in [-0.39, 0.29) is 5.41 Å². The first-order valence-electron chi connectivity index (χ1n) is 5.49. The molecule has 14 heavy (non-hydrogen) atoms. The normalized spacial score (nSPS) is 41.5. The van der Waals surface area contributed by atoms with Crippen molar-refractivity contribution in [1.29, 1.82) is 0 Å². The summed E-state index contributed by atoms with van der Waals surface area (Å²) in [6.45, 7) is 2.42. The minimum Gasteiger partial charge on any atom is -0.427 e. The van der Waals surface area contributed by atoms with E-state index in [9.17, 15) is 0 Å². The van der Waals surface area contributed by atoms with Gasteiger partial charge in [0.2, 0.25) is 12.3 Å². The molecule has 0 atom stereocenters. The molecule has 76 valence electrons. The molecule has 0 N–H and O–H groups in total. The molecule has 0 aromatic carbocycles. The highest BCUT2D eigenvalue weighted by Crippen LogP contribution is 2.56. The van der Waals surface area contributed by atoms with Gasteiger partial charge in [-0.15, -0.1) is 10.2 Å². The molecule has 3 saturated carbocycles. The Kier molecular flexibility index (Phi) is 1.56. The summed E-state index contributed by atoms with van der Waals surface area (Å²) in [6.07, 6.45) is 9.18. The van der Waals surface area contributed by atoms with E-state index in [0.29, 0.717) is 5.41 Å². The number of rotatable bonds is 1. The molecule has 0 saturated heterocycles. The van der Waals surface area contributed by atoms with Crippen LogP contribution in [-0.2, 0) is 5.41 Å². The Labute approximate surface area is 83.9 Å². The van der Waals surface area contributed by atoms with E-state index in [1.54, 1.807) is 0 Å². The summed E-state index contributed by atoms with van der Waals surface area (Å²) in [5.41, 5.74) is 0.857. The maximum Gasteiger partial charge on any atom is 0.222 e. The molecule has 3 nitrogen and oxygen atoms in total. The Hall–Kier alpha value is -0.860. The average Bonchev–Trinajstić information content (AvgIpc) is 2.73. The zero-order valence-electron chi connectivity index (χ0n) is 8.62. The van der Waals surface area contributed by atoms with Gasteiger partial charge in [-0.1, -0.05) is 6.92 Å². The molecule has 0 unspecified atom stereocenters. The van der Waals surface area contributed by atoms with Gasteiger partial charge in [-0.05, 0) is 43.9 Å². The molecule has 0 spiro atoms. The Morgan fingerprint density at radius 3 is 2.29 bits per heavy atom. The van der Waals surface area contributed by atoms with Crippen LogP contribution in [0.3, 0.4) is 0 Å². The fourth-order valence-electron chi connectivity index (χ4n) is 3.10. The zero-order valence-corrected chi connectivity index (χ0v) is 8.62. The third-order valence-electron chi connectivity index (χ3n) is 4.44. The Morgan fingerprint density at radius 1 is 1.14 bits per heavy atom. The van der Waals surface area contributed by atoms with Crippen LogP contribution < -0.4 is 0 Å². The second-order valence-electron chi connectivity index (χ2n) is 5.33. The van der Waals surface area contributed by atoms with Gasteiger partial charge in [0, 0.05) is 5.41 Å². The number of fused-ring (bicyclic) bond motifs is 3.